The van der Waals surface area contributed by atoms with E-state index in [0.29, 0.717) is 38.6 Å². The highest BCUT2D eigenvalue weighted by molar-refractivity contribution is 5.79. The molecule has 11 nitrogen and oxygen atoms in total. The molecule has 43 heavy (non-hydrogen) atoms. The van der Waals surface area contributed by atoms with Gasteiger partial charge in [-0.15, -0.1) is 0 Å². The minimum Gasteiger partial charge on any atom is -0.497 e. The molecule has 2 aliphatic heterocycles. The van der Waals surface area contributed by atoms with Crippen molar-refractivity contribution in [3.05, 3.63) is 29.8 Å². The molecule has 11 heteroatoms. The predicted molar refractivity (Wildman–Crippen MR) is 165 cm³/mol. The molecule has 1 aromatic carbocycles. The zero-order valence-electron chi connectivity index (χ0n) is 26.8. The predicted octanol–water partition coefficient (Wildman–Crippen LogP) is 1.45. The Balaban J connectivity index is 1.70. The summed E-state index contributed by atoms with van der Waals surface area (Å²) in [6, 6.07) is 7.96. The van der Waals surface area contributed by atoms with Gasteiger partial charge in [-0.25, -0.2) is 0 Å². The van der Waals surface area contributed by atoms with E-state index in [2.05, 4.69) is 35.8 Å². The van der Waals surface area contributed by atoms with E-state index in [1.165, 1.54) is 19.6 Å². The molecule has 0 bridgehead atoms. The molecule has 2 N–H and O–H groups in total. The Morgan fingerprint density at radius 1 is 1.02 bits per heavy atom. The van der Waals surface area contributed by atoms with Crippen molar-refractivity contribution >= 4 is 11.8 Å². The van der Waals surface area contributed by atoms with Crippen LogP contribution in [0.5, 0.6) is 5.75 Å². The molecular weight excluding hydrogens is 552 g/mol. The summed E-state index contributed by atoms with van der Waals surface area (Å²) >= 11 is 0. The number of hydrogen-bond donors (Lipinski definition) is 2. The van der Waals surface area contributed by atoms with E-state index in [9.17, 15) is 19.8 Å². The normalized spacial score (nSPS) is 25.9. The smallest absolute Gasteiger partial charge is 0.237 e. The van der Waals surface area contributed by atoms with Gasteiger partial charge in [-0.05, 0) is 42.9 Å². The molecule has 2 heterocycles. The van der Waals surface area contributed by atoms with Crippen LogP contribution in [-0.4, -0.2) is 146 Å². The van der Waals surface area contributed by atoms with Crippen LogP contribution in [0.2, 0.25) is 0 Å². The van der Waals surface area contributed by atoms with E-state index >= 15 is 0 Å². The number of methoxy groups -OCH3 is 2. The Labute approximate surface area is 257 Å². The zero-order valence-corrected chi connectivity index (χ0v) is 26.8. The highest BCUT2D eigenvalue weighted by Crippen LogP contribution is 2.19. The average molecular weight is 607 g/mol. The van der Waals surface area contributed by atoms with Crippen LogP contribution in [0.1, 0.15) is 45.6 Å². The second-order valence-electron chi connectivity index (χ2n) is 12.3. The lowest BCUT2D eigenvalue weighted by atomic mass is 10.00. The number of benzene rings is 1. The number of hydrogen-bond acceptors (Lipinski definition) is 9. The fraction of sp³-hybridized carbons (Fsp3) is 0.750. The molecule has 4 atom stereocenters. The molecule has 1 aromatic rings. The standard InChI is InChI=1S/C32H54N4O7/c1-24(2)17-27-20-35(25(3)37)21-30(42-5)32(40)29(38)23-43-16-7-6-11-36(27)31(39)22-34-14-12-33(13-15-34)19-26-9-8-10-28(18-26)41-4/h8-10,18,24,27,29-30,32,38,40H,6-7,11-17,19-23H2,1-5H3/t27-,29-,30-,32-/m1/s1. The fourth-order valence-corrected chi connectivity index (χ4v) is 5.93. The van der Waals surface area contributed by atoms with Crippen LogP contribution in [-0.2, 0) is 25.6 Å². The maximum atomic E-state index is 14.0. The van der Waals surface area contributed by atoms with Gasteiger partial charge in [0.25, 0.3) is 0 Å². The maximum Gasteiger partial charge on any atom is 0.237 e. The first-order valence-electron chi connectivity index (χ1n) is 15.7. The molecule has 2 aliphatic rings. The van der Waals surface area contributed by atoms with Gasteiger partial charge in [0.1, 0.15) is 24.1 Å². The van der Waals surface area contributed by atoms with Gasteiger partial charge in [-0.3, -0.25) is 19.4 Å². The van der Waals surface area contributed by atoms with Crippen LogP contribution >= 0.6 is 0 Å². The SMILES string of the molecule is COc1cccc(CN2CCN(CC(=O)N3CCCCOC[C@@H](O)[C@@H](O)[C@H](OC)CN(C(C)=O)C[C@H]3CC(C)C)CC2)c1. The summed E-state index contributed by atoms with van der Waals surface area (Å²) in [7, 11) is 3.14. The molecule has 2 fully saturated rings. The Hall–Kier alpha value is -2.28. The third kappa shape index (κ3) is 11.3. The molecule has 0 spiro atoms. The van der Waals surface area contributed by atoms with Crippen LogP contribution in [0, 0.1) is 5.92 Å². The summed E-state index contributed by atoms with van der Waals surface area (Å²) in [5, 5.41) is 21.2. The van der Waals surface area contributed by atoms with Crippen molar-refractivity contribution in [1.82, 2.24) is 19.6 Å². The molecule has 0 saturated carbocycles. The van der Waals surface area contributed by atoms with E-state index in [4.69, 9.17) is 14.2 Å². The zero-order chi connectivity index (χ0) is 31.4. The van der Waals surface area contributed by atoms with Crippen molar-refractivity contribution in [2.24, 2.45) is 5.92 Å². The third-order valence-electron chi connectivity index (χ3n) is 8.45. The van der Waals surface area contributed by atoms with Crippen molar-refractivity contribution in [1.29, 1.82) is 0 Å². The number of rotatable bonds is 8. The summed E-state index contributed by atoms with van der Waals surface area (Å²) in [5.41, 5.74) is 1.21. The van der Waals surface area contributed by atoms with Crippen molar-refractivity contribution in [2.45, 2.75) is 70.9 Å². The first kappa shape index (κ1) is 35.2. The topological polar surface area (TPSA) is 115 Å². The lowest BCUT2D eigenvalue weighted by Crippen LogP contribution is -2.55. The molecule has 0 unspecified atom stereocenters. The van der Waals surface area contributed by atoms with Crippen molar-refractivity contribution < 1.29 is 34.0 Å². The Kier molecular flexibility index (Phi) is 14.6. The molecule has 0 radical (unpaired) electrons. The Morgan fingerprint density at radius 3 is 2.40 bits per heavy atom. The van der Waals surface area contributed by atoms with Crippen LogP contribution < -0.4 is 4.74 Å². The van der Waals surface area contributed by atoms with Gasteiger partial charge in [0.2, 0.25) is 11.8 Å². The van der Waals surface area contributed by atoms with Crippen molar-refractivity contribution in [2.75, 3.05) is 79.8 Å². The van der Waals surface area contributed by atoms with E-state index in [-0.39, 0.29) is 31.0 Å². The number of aliphatic hydroxyl groups excluding tert-OH is 2. The second kappa shape index (κ2) is 17.9. The van der Waals surface area contributed by atoms with Gasteiger partial charge in [-0.1, -0.05) is 26.0 Å². The molecular formula is C32H54N4O7. The molecule has 0 aromatic heterocycles. The van der Waals surface area contributed by atoms with Gasteiger partial charge in [-0.2, -0.15) is 0 Å². The van der Waals surface area contributed by atoms with E-state index in [0.717, 1.165) is 51.3 Å². The Bertz CT molecular complexity index is 988. The molecule has 2 saturated heterocycles. The minimum absolute atomic E-state index is 0.0243. The fourth-order valence-electron chi connectivity index (χ4n) is 5.93. The number of amides is 2. The van der Waals surface area contributed by atoms with Gasteiger partial charge < -0.3 is 34.2 Å². The lowest BCUT2D eigenvalue weighted by molar-refractivity contribution is -0.143. The molecule has 3 rings (SSSR count). The van der Waals surface area contributed by atoms with Crippen LogP contribution in [0.25, 0.3) is 0 Å². The van der Waals surface area contributed by atoms with Gasteiger partial charge >= 0.3 is 0 Å². The quantitative estimate of drug-likeness (QED) is 0.454. The number of aliphatic hydroxyl groups is 2. The summed E-state index contributed by atoms with van der Waals surface area (Å²) in [5.74, 6) is 1.07. The molecule has 244 valence electrons. The highest BCUT2D eigenvalue weighted by atomic mass is 16.5. The number of nitrogens with zero attached hydrogens (tertiary/aromatic N) is 4. The van der Waals surface area contributed by atoms with Gasteiger partial charge in [0.05, 0.1) is 20.3 Å². The van der Waals surface area contributed by atoms with Crippen LogP contribution in [0.3, 0.4) is 0 Å². The van der Waals surface area contributed by atoms with Crippen LogP contribution in [0.4, 0.5) is 0 Å². The molecule has 0 aliphatic carbocycles. The first-order valence-corrected chi connectivity index (χ1v) is 15.7. The van der Waals surface area contributed by atoms with Gasteiger partial charge in [0, 0.05) is 79.0 Å². The van der Waals surface area contributed by atoms with Gasteiger partial charge in [0.15, 0.2) is 0 Å². The number of carbonyl (C=O) groups excluding carboxylic acids is 2. The summed E-state index contributed by atoms with van der Waals surface area (Å²) in [6.45, 7) is 11.7. The van der Waals surface area contributed by atoms with Crippen molar-refractivity contribution in [3.8, 4) is 5.75 Å². The largest absolute Gasteiger partial charge is 0.497 e. The monoisotopic (exact) mass is 606 g/mol. The minimum atomic E-state index is -1.21. The first-order chi connectivity index (χ1) is 20.6. The number of piperazine rings is 1. The second-order valence-corrected chi connectivity index (χ2v) is 12.3. The highest BCUT2D eigenvalue weighted by Gasteiger charge is 2.33. The summed E-state index contributed by atoms with van der Waals surface area (Å²) in [6.07, 6.45) is -0.922. The number of ether oxygens (including phenoxy) is 3. The average Bonchev–Trinajstić information content (AvgIpc) is 2.98. The summed E-state index contributed by atoms with van der Waals surface area (Å²) < 4.78 is 16.5. The maximum absolute atomic E-state index is 14.0. The van der Waals surface area contributed by atoms with E-state index < -0.39 is 18.3 Å². The van der Waals surface area contributed by atoms with E-state index in [1.807, 2.05) is 17.0 Å². The number of carbonyl (C=O) groups is 2. The lowest BCUT2D eigenvalue weighted by Gasteiger charge is -2.40. The molecule has 2 amide bonds. The summed E-state index contributed by atoms with van der Waals surface area (Å²) in [4.78, 5) is 35.0. The Morgan fingerprint density at radius 2 is 1.74 bits per heavy atom. The van der Waals surface area contributed by atoms with Crippen molar-refractivity contribution in [3.63, 3.8) is 0 Å². The third-order valence-corrected chi connectivity index (χ3v) is 8.45. The van der Waals surface area contributed by atoms with Crippen LogP contribution in [0.15, 0.2) is 24.3 Å². The van der Waals surface area contributed by atoms with E-state index in [1.54, 1.807) is 12.0 Å².